The van der Waals surface area contributed by atoms with Crippen molar-refractivity contribution in [1.29, 1.82) is 0 Å². The van der Waals surface area contributed by atoms with Crippen LogP contribution < -0.4 is 5.32 Å². The van der Waals surface area contributed by atoms with Gasteiger partial charge in [-0.2, -0.15) is 0 Å². The summed E-state index contributed by atoms with van der Waals surface area (Å²) in [5.41, 5.74) is 2.04. The predicted octanol–water partition coefficient (Wildman–Crippen LogP) is 2.27. The molecular formula is C20H23N5O. The smallest absolute Gasteiger partial charge is 0.159 e. The number of nitrogens with zero attached hydrogens (tertiary/aromatic N) is 4. The minimum absolute atomic E-state index is 0.109. The summed E-state index contributed by atoms with van der Waals surface area (Å²) in [5.74, 6) is 1.20. The third-order valence-corrected chi connectivity index (χ3v) is 4.96. The quantitative estimate of drug-likeness (QED) is 0.714. The van der Waals surface area contributed by atoms with Gasteiger partial charge in [-0.25, -0.2) is 15.0 Å². The Morgan fingerprint density at radius 3 is 2.65 bits per heavy atom. The van der Waals surface area contributed by atoms with Crippen molar-refractivity contribution in [1.82, 2.24) is 24.8 Å². The Kier molecular flexibility index (Phi) is 5.04. The molecule has 2 heterocycles. The number of aliphatic hydroxyl groups excluding tert-OH is 1. The van der Waals surface area contributed by atoms with Crippen LogP contribution in [0.3, 0.4) is 0 Å². The summed E-state index contributed by atoms with van der Waals surface area (Å²) >= 11 is 0. The van der Waals surface area contributed by atoms with E-state index in [0.717, 1.165) is 36.3 Å². The summed E-state index contributed by atoms with van der Waals surface area (Å²) in [5, 5.41) is 13.8. The summed E-state index contributed by atoms with van der Waals surface area (Å²) < 4.78 is 2.08. The van der Waals surface area contributed by atoms with Crippen molar-refractivity contribution in [2.24, 2.45) is 5.92 Å². The van der Waals surface area contributed by atoms with E-state index in [2.05, 4.69) is 24.8 Å². The van der Waals surface area contributed by atoms with Crippen LogP contribution in [0.4, 0.5) is 0 Å². The van der Waals surface area contributed by atoms with Gasteiger partial charge in [-0.05, 0) is 18.8 Å². The predicted molar refractivity (Wildman–Crippen MR) is 99.1 cm³/mol. The molecule has 4 rings (SSSR count). The van der Waals surface area contributed by atoms with Gasteiger partial charge in [0.1, 0.15) is 0 Å². The average molecular weight is 349 g/mol. The van der Waals surface area contributed by atoms with Crippen molar-refractivity contribution < 1.29 is 5.11 Å². The summed E-state index contributed by atoms with van der Waals surface area (Å²) in [6.45, 7) is 1.57. The fourth-order valence-corrected chi connectivity index (χ4v) is 3.61. The van der Waals surface area contributed by atoms with Crippen LogP contribution in [0.2, 0.25) is 0 Å². The lowest BCUT2D eigenvalue weighted by Crippen LogP contribution is -2.35. The molecular weight excluding hydrogens is 326 g/mol. The van der Waals surface area contributed by atoms with Crippen LogP contribution in [0.15, 0.2) is 61.4 Å². The van der Waals surface area contributed by atoms with E-state index in [1.54, 1.807) is 6.20 Å². The molecule has 0 aliphatic heterocycles. The largest absolute Gasteiger partial charge is 0.391 e. The topological polar surface area (TPSA) is 75.9 Å². The van der Waals surface area contributed by atoms with Crippen LogP contribution >= 0.6 is 0 Å². The Bertz CT molecular complexity index is 804. The second-order valence-electron chi connectivity index (χ2n) is 6.93. The molecule has 0 amide bonds. The first-order valence-electron chi connectivity index (χ1n) is 9.01. The first-order valence-corrected chi connectivity index (χ1v) is 9.01. The Morgan fingerprint density at radius 2 is 1.92 bits per heavy atom. The van der Waals surface area contributed by atoms with Gasteiger partial charge in [-0.1, -0.05) is 30.3 Å². The average Bonchev–Trinajstić information content (AvgIpc) is 3.31. The van der Waals surface area contributed by atoms with Crippen molar-refractivity contribution in [2.45, 2.75) is 38.1 Å². The number of aromatic nitrogens is 4. The highest BCUT2D eigenvalue weighted by atomic mass is 16.3. The Morgan fingerprint density at radius 1 is 1.12 bits per heavy atom. The van der Waals surface area contributed by atoms with E-state index in [-0.39, 0.29) is 12.1 Å². The Labute approximate surface area is 153 Å². The number of rotatable bonds is 6. The third-order valence-electron chi connectivity index (χ3n) is 4.96. The molecule has 1 aliphatic carbocycles. The van der Waals surface area contributed by atoms with Crippen molar-refractivity contribution in [3.05, 3.63) is 67.0 Å². The van der Waals surface area contributed by atoms with Crippen molar-refractivity contribution in [3.63, 3.8) is 0 Å². The second kappa shape index (κ2) is 7.76. The number of aliphatic hydroxyl groups is 1. The first-order chi connectivity index (χ1) is 12.8. The molecule has 0 saturated heterocycles. The zero-order valence-corrected chi connectivity index (χ0v) is 14.6. The minimum Gasteiger partial charge on any atom is -0.391 e. The summed E-state index contributed by atoms with van der Waals surface area (Å²) in [6, 6.07) is 10.1. The molecule has 1 fully saturated rings. The van der Waals surface area contributed by atoms with Crippen LogP contribution in [-0.2, 0) is 13.1 Å². The number of nitrogens with one attached hydrogen (secondary N) is 1. The van der Waals surface area contributed by atoms with Crippen LogP contribution in [0.1, 0.15) is 18.4 Å². The van der Waals surface area contributed by atoms with Gasteiger partial charge in [0, 0.05) is 55.0 Å². The molecule has 1 saturated carbocycles. The molecule has 2 aromatic heterocycles. The molecule has 0 spiro atoms. The van der Waals surface area contributed by atoms with E-state index < -0.39 is 0 Å². The zero-order chi connectivity index (χ0) is 17.8. The van der Waals surface area contributed by atoms with E-state index in [4.69, 9.17) is 0 Å². The highest BCUT2D eigenvalue weighted by Gasteiger charge is 2.32. The molecule has 3 aromatic rings. The zero-order valence-electron chi connectivity index (χ0n) is 14.6. The van der Waals surface area contributed by atoms with E-state index in [1.807, 2.05) is 55.2 Å². The first kappa shape index (κ1) is 16.9. The van der Waals surface area contributed by atoms with Gasteiger partial charge in [0.2, 0.25) is 0 Å². The van der Waals surface area contributed by atoms with Crippen LogP contribution in [-0.4, -0.2) is 36.8 Å². The highest BCUT2D eigenvalue weighted by molar-refractivity contribution is 5.53. The monoisotopic (exact) mass is 349 g/mol. The highest BCUT2D eigenvalue weighted by Crippen LogP contribution is 2.27. The number of hydrogen-bond acceptors (Lipinski definition) is 5. The maximum atomic E-state index is 10.3. The maximum absolute atomic E-state index is 10.3. The standard InChI is InChI=1S/C20H23N5O/c26-19-9-15(13-25-7-6-21-14-25)8-18(19)22-10-16-11-23-20(24-12-16)17-4-2-1-3-5-17/h1-7,11-12,14-15,18-19,22,26H,8-10,13H2/t15?,18-,19-/m1/s1. The van der Waals surface area contributed by atoms with Crippen molar-refractivity contribution in [3.8, 4) is 11.4 Å². The van der Waals surface area contributed by atoms with Crippen molar-refractivity contribution >= 4 is 0 Å². The van der Waals surface area contributed by atoms with Gasteiger partial charge < -0.3 is 15.0 Å². The fourth-order valence-electron chi connectivity index (χ4n) is 3.61. The van der Waals surface area contributed by atoms with Gasteiger partial charge in [0.05, 0.1) is 12.4 Å². The van der Waals surface area contributed by atoms with E-state index in [0.29, 0.717) is 12.5 Å². The lowest BCUT2D eigenvalue weighted by atomic mass is 10.1. The van der Waals surface area contributed by atoms with Crippen LogP contribution in [0.5, 0.6) is 0 Å². The normalized spacial score (nSPS) is 22.6. The molecule has 6 heteroatoms. The SMILES string of the molecule is O[C@@H]1CC(Cn2ccnc2)C[C@H]1NCc1cnc(-c2ccccc2)nc1. The Balaban J connectivity index is 1.31. The lowest BCUT2D eigenvalue weighted by Gasteiger charge is -2.16. The summed E-state index contributed by atoms with van der Waals surface area (Å²) in [4.78, 5) is 13.0. The maximum Gasteiger partial charge on any atom is 0.159 e. The fraction of sp³-hybridized carbons (Fsp3) is 0.350. The van der Waals surface area contributed by atoms with Gasteiger partial charge >= 0.3 is 0 Å². The number of benzene rings is 1. The van der Waals surface area contributed by atoms with Gasteiger partial charge in [0.15, 0.2) is 5.82 Å². The lowest BCUT2D eigenvalue weighted by molar-refractivity contribution is 0.145. The molecule has 1 aliphatic rings. The molecule has 1 unspecified atom stereocenters. The van der Waals surface area contributed by atoms with Gasteiger partial charge in [-0.15, -0.1) is 0 Å². The molecule has 6 nitrogen and oxygen atoms in total. The van der Waals surface area contributed by atoms with Crippen LogP contribution in [0, 0.1) is 5.92 Å². The van der Waals surface area contributed by atoms with Crippen LogP contribution in [0.25, 0.3) is 11.4 Å². The molecule has 134 valence electrons. The molecule has 2 N–H and O–H groups in total. The molecule has 3 atom stereocenters. The molecule has 26 heavy (non-hydrogen) atoms. The van der Waals surface area contributed by atoms with Gasteiger partial charge in [0.25, 0.3) is 0 Å². The number of imidazole rings is 1. The van der Waals surface area contributed by atoms with Crippen molar-refractivity contribution in [2.75, 3.05) is 0 Å². The Hall–Kier alpha value is -2.57. The second-order valence-corrected chi connectivity index (χ2v) is 6.93. The van der Waals surface area contributed by atoms with E-state index in [9.17, 15) is 5.11 Å². The summed E-state index contributed by atoms with van der Waals surface area (Å²) in [7, 11) is 0. The number of hydrogen-bond donors (Lipinski definition) is 2. The summed E-state index contributed by atoms with van der Waals surface area (Å²) in [6.07, 6.45) is 10.8. The molecule has 0 bridgehead atoms. The minimum atomic E-state index is -0.312. The molecule has 1 aromatic carbocycles. The molecule has 0 radical (unpaired) electrons. The van der Waals surface area contributed by atoms with E-state index >= 15 is 0 Å². The van der Waals surface area contributed by atoms with Gasteiger partial charge in [-0.3, -0.25) is 0 Å². The van der Waals surface area contributed by atoms with E-state index in [1.165, 1.54) is 0 Å². The third kappa shape index (κ3) is 3.98.